The molecule has 13 heavy (non-hydrogen) atoms. The zero-order valence-electron chi connectivity index (χ0n) is 8.23. The van der Waals surface area contributed by atoms with Gasteiger partial charge in [0, 0.05) is 12.7 Å². The van der Waals surface area contributed by atoms with Crippen molar-refractivity contribution < 1.29 is 0 Å². The van der Waals surface area contributed by atoms with E-state index in [-0.39, 0.29) is 0 Å². The molecule has 0 unspecified atom stereocenters. The second-order valence-electron chi connectivity index (χ2n) is 3.28. The maximum Gasteiger partial charge on any atom is 0.145 e. The highest BCUT2D eigenvalue weighted by atomic mass is 32.2. The van der Waals surface area contributed by atoms with Crippen LogP contribution in [0.25, 0.3) is 0 Å². The van der Waals surface area contributed by atoms with Gasteiger partial charge in [-0.25, -0.2) is 0 Å². The molecule has 1 aromatic rings. The van der Waals surface area contributed by atoms with E-state index in [1.54, 1.807) is 0 Å². The van der Waals surface area contributed by atoms with E-state index in [9.17, 15) is 0 Å². The first-order valence-electron chi connectivity index (χ1n) is 4.59. The minimum absolute atomic E-state index is 0.608. The van der Waals surface area contributed by atoms with Crippen molar-refractivity contribution in [3.05, 3.63) is 12.3 Å². The van der Waals surface area contributed by atoms with Crippen LogP contribution >= 0.6 is 11.8 Å². The highest BCUT2D eigenvalue weighted by Gasteiger charge is 1.96. The Hall–Kier alpha value is -0.640. The Bertz CT molecular complexity index is 245. The van der Waals surface area contributed by atoms with Gasteiger partial charge in [0.25, 0.3) is 0 Å². The Morgan fingerprint density at radius 1 is 1.62 bits per heavy atom. The van der Waals surface area contributed by atoms with Crippen molar-refractivity contribution >= 4 is 17.6 Å². The van der Waals surface area contributed by atoms with Gasteiger partial charge in [0.1, 0.15) is 5.82 Å². The minimum atomic E-state index is 0.608. The van der Waals surface area contributed by atoms with Crippen LogP contribution in [-0.2, 0) is 6.54 Å². The minimum Gasteiger partial charge on any atom is -0.382 e. The zero-order chi connectivity index (χ0) is 9.68. The smallest absolute Gasteiger partial charge is 0.145 e. The fourth-order valence-electron chi connectivity index (χ4n) is 1.05. The van der Waals surface area contributed by atoms with Crippen LogP contribution in [0.2, 0.25) is 0 Å². The lowest BCUT2D eigenvalue weighted by Crippen LogP contribution is -2.01. The summed E-state index contributed by atoms with van der Waals surface area (Å²) in [5, 5.41) is 4.84. The summed E-state index contributed by atoms with van der Waals surface area (Å²) in [6, 6.07) is 1.83. The number of hydrogen-bond donors (Lipinski definition) is 1. The molecule has 4 heteroatoms. The third-order valence-electron chi connectivity index (χ3n) is 1.64. The Morgan fingerprint density at radius 2 is 2.38 bits per heavy atom. The molecule has 1 rings (SSSR count). The molecule has 0 spiro atoms. The maximum atomic E-state index is 5.49. The summed E-state index contributed by atoms with van der Waals surface area (Å²) in [7, 11) is 0. The van der Waals surface area contributed by atoms with Crippen LogP contribution in [0, 0.1) is 0 Å². The van der Waals surface area contributed by atoms with E-state index in [1.807, 2.05) is 28.7 Å². The van der Waals surface area contributed by atoms with E-state index in [0.717, 1.165) is 18.2 Å². The van der Waals surface area contributed by atoms with Gasteiger partial charge < -0.3 is 5.73 Å². The van der Waals surface area contributed by atoms with Crippen LogP contribution in [0.3, 0.4) is 0 Å². The molecule has 0 aromatic carbocycles. The summed E-state index contributed by atoms with van der Waals surface area (Å²) in [5.74, 6) is 1.80. The van der Waals surface area contributed by atoms with Gasteiger partial charge in [0.2, 0.25) is 0 Å². The summed E-state index contributed by atoms with van der Waals surface area (Å²) in [4.78, 5) is 0. The molecule has 0 amide bonds. The lowest BCUT2D eigenvalue weighted by atomic mass is 10.5. The SMILES string of the molecule is CC(C)SCCCn1ccc(N)n1. The van der Waals surface area contributed by atoms with Gasteiger partial charge in [0.15, 0.2) is 0 Å². The van der Waals surface area contributed by atoms with Crippen molar-refractivity contribution in [3.63, 3.8) is 0 Å². The first-order chi connectivity index (χ1) is 6.18. The van der Waals surface area contributed by atoms with Crippen molar-refractivity contribution in [3.8, 4) is 0 Å². The van der Waals surface area contributed by atoms with Gasteiger partial charge in [-0.1, -0.05) is 13.8 Å². The van der Waals surface area contributed by atoms with E-state index in [1.165, 1.54) is 5.75 Å². The number of rotatable bonds is 5. The van der Waals surface area contributed by atoms with Crippen LogP contribution in [0.4, 0.5) is 5.82 Å². The molecule has 0 aliphatic carbocycles. The lowest BCUT2D eigenvalue weighted by Gasteiger charge is -2.04. The van der Waals surface area contributed by atoms with Crippen molar-refractivity contribution in [2.24, 2.45) is 0 Å². The van der Waals surface area contributed by atoms with Gasteiger partial charge in [-0.05, 0) is 23.5 Å². The molecular formula is C9H17N3S. The fraction of sp³-hybridized carbons (Fsp3) is 0.667. The predicted molar refractivity (Wildman–Crippen MR) is 58.9 cm³/mol. The molecule has 0 saturated heterocycles. The molecule has 1 aromatic heterocycles. The predicted octanol–water partition coefficient (Wildman–Crippen LogP) is 2.00. The Morgan fingerprint density at radius 3 is 2.92 bits per heavy atom. The Balaban J connectivity index is 2.13. The number of aryl methyl sites for hydroxylation is 1. The molecule has 0 radical (unpaired) electrons. The average Bonchev–Trinajstić information content (AvgIpc) is 2.45. The molecule has 0 aliphatic rings. The topological polar surface area (TPSA) is 43.8 Å². The zero-order valence-corrected chi connectivity index (χ0v) is 9.05. The molecule has 0 saturated carbocycles. The molecular weight excluding hydrogens is 182 g/mol. The van der Waals surface area contributed by atoms with Crippen molar-refractivity contribution in [2.45, 2.75) is 32.1 Å². The molecule has 0 bridgehead atoms. The fourth-order valence-corrected chi connectivity index (χ4v) is 1.81. The van der Waals surface area contributed by atoms with E-state index < -0.39 is 0 Å². The normalized spacial score (nSPS) is 11.0. The third-order valence-corrected chi connectivity index (χ3v) is 2.84. The monoisotopic (exact) mass is 199 g/mol. The Labute approximate surface area is 83.7 Å². The number of anilines is 1. The van der Waals surface area contributed by atoms with Crippen molar-refractivity contribution in [2.75, 3.05) is 11.5 Å². The van der Waals surface area contributed by atoms with E-state index in [4.69, 9.17) is 5.73 Å². The van der Waals surface area contributed by atoms with Gasteiger partial charge >= 0.3 is 0 Å². The molecule has 74 valence electrons. The molecule has 0 aliphatic heterocycles. The molecule has 0 atom stereocenters. The second kappa shape index (κ2) is 5.17. The van der Waals surface area contributed by atoms with Gasteiger partial charge in [-0.3, -0.25) is 4.68 Å². The first-order valence-corrected chi connectivity index (χ1v) is 5.64. The maximum absolute atomic E-state index is 5.49. The number of nitrogens with zero attached hydrogens (tertiary/aromatic N) is 2. The standard InChI is InChI=1S/C9H17N3S/c1-8(2)13-7-3-5-12-6-4-9(10)11-12/h4,6,8H,3,5,7H2,1-2H3,(H2,10,11). The van der Waals surface area contributed by atoms with E-state index >= 15 is 0 Å². The van der Waals surface area contributed by atoms with Crippen LogP contribution in [0.15, 0.2) is 12.3 Å². The first kappa shape index (κ1) is 10.4. The number of hydrogen-bond acceptors (Lipinski definition) is 3. The van der Waals surface area contributed by atoms with Gasteiger partial charge in [0.05, 0.1) is 0 Å². The number of thioether (sulfide) groups is 1. The molecule has 2 N–H and O–H groups in total. The van der Waals surface area contributed by atoms with E-state index in [2.05, 4.69) is 18.9 Å². The average molecular weight is 199 g/mol. The summed E-state index contributed by atoms with van der Waals surface area (Å²) in [6.07, 6.45) is 3.08. The second-order valence-corrected chi connectivity index (χ2v) is 4.96. The summed E-state index contributed by atoms with van der Waals surface area (Å²) in [6.45, 7) is 5.41. The van der Waals surface area contributed by atoms with Gasteiger partial charge in [-0.15, -0.1) is 0 Å². The number of nitrogen functional groups attached to an aromatic ring is 1. The van der Waals surface area contributed by atoms with Crippen LogP contribution in [0.1, 0.15) is 20.3 Å². The summed E-state index contributed by atoms with van der Waals surface area (Å²) < 4.78 is 1.90. The van der Waals surface area contributed by atoms with Crippen LogP contribution in [-0.4, -0.2) is 20.8 Å². The number of nitrogens with two attached hydrogens (primary N) is 1. The molecule has 3 nitrogen and oxygen atoms in total. The van der Waals surface area contributed by atoms with Crippen LogP contribution < -0.4 is 5.73 Å². The highest BCUT2D eigenvalue weighted by Crippen LogP contribution is 2.10. The molecule has 0 fully saturated rings. The van der Waals surface area contributed by atoms with Gasteiger partial charge in [-0.2, -0.15) is 16.9 Å². The summed E-state index contributed by atoms with van der Waals surface area (Å²) >= 11 is 1.98. The lowest BCUT2D eigenvalue weighted by molar-refractivity contribution is 0.608. The summed E-state index contributed by atoms with van der Waals surface area (Å²) in [5.41, 5.74) is 5.49. The largest absolute Gasteiger partial charge is 0.382 e. The molecule has 1 heterocycles. The Kier molecular flexibility index (Phi) is 4.15. The third kappa shape index (κ3) is 4.22. The quantitative estimate of drug-likeness (QED) is 0.738. The van der Waals surface area contributed by atoms with Crippen LogP contribution in [0.5, 0.6) is 0 Å². The van der Waals surface area contributed by atoms with Crippen molar-refractivity contribution in [1.82, 2.24) is 9.78 Å². The van der Waals surface area contributed by atoms with E-state index in [0.29, 0.717) is 5.82 Å². The number of aromatic nitrogens is 2. The highest BCUT2D eigenvalue weighted by molar-refractivity contribution is 7.99. The van der Waals surface area contributed by atoms with Crippen molar-refractivity contribution in [1.29, 1.82) is 0 Å².